The van der Waals surface area contributed by atoms with Crippen molar-refractivity contribution in [2.24, 2.45) is 0 Å². The molecule has 41 heavy (non-hydrogen) atoms. The van der Waals surface area contributed by atoms with E-state index in [0.717, 1.165) is 5.39 Å². The molecule has 0 N–H and O–H groups in total. The number of carbonyl (C=O) groups is 1. The van der Waals surface area contributed by atoms with Gasteiger partial charge in [0.25, 0.3) is 11.4 Å². The number of nitrogens with zero attached hydrogens (tertiary/aromatic N) is 3. The van der Waals surface area contributed by atoms with Crippen LogP contribution in [0, 0.1) is 20.2 Å². The molecule has 2 aromatic heterocycles. The number of rotatable bonds is 8. The van der Waals surface area contributed by atoms with Crippen LogP contribution in [0.15, 0.2) is 72.9 Å². The molecule has 0 atom stereocenters. The molecule has 0 amide bonds. The molecule has 0 aliphatic heterocycles. The van der Waals surface area contributed by atoms with E-state index in [4.69, 9.17) is 14.2 Å². The maximum atomic E-state index is 13.4. The Morgan fingerprint density at radius 1 is 0.829 bits per heavy atom. The molecule has 0 aliphatic carbocycles. The van der Waals surface area contributed by atoms with Gasteiger partial charge in [-0.1, -0.05) is 24.3 Å². The van der Waals surface area contributed by atoms with Gasteiger partial charge in [-0.15, -0.1) is 0 Å². The summed E-state index contributed by atoms with van der Waals surface area (Å²) in [5.41, 5.74) is 1.88. The first kappa shape index (κ1) is 27.1. The molecule has 5 aromatic rings. The van der Waals surface area contributed by atoms with Gasteiger partial charge in [0, 0.05) is 47.0 Å². The molecule has 0 aliphatic rings. The van der Waals surface area contributed by atoms with Gasteiger partial charge < -0.3 is 18.6 Å². The first-order valence-electron chi connectivity index (χ1n) is 12.6. The highest BCUT2D eigenvalue weighted by molar-refractivity contribution is 6.14. The number of pyridine rings is 1. The smallest absolute Gasteiger partial charge is 0.355 e. The molecular formula is C30H25N3O8. The number of hydrogen-bond acceptors (Lipinski definition) is 8. The highest BCUT2D eigenvalue weighted by Crippen LogP contribution is 2.46. The quantitative estimate of drug-likeness (QED) is 0.116. The van der Waals surface area contributed by atoms with Gasteiger partial charge in [0.1, 0.15) is 5.69 Å². The van der Waals surface area contributed by atoms with Crippen LogP contribution in [-0.2, 0) is 4.74 Å². The van der Waals surface area contributed by atoms with Crippen molar-refractivity contribution in [1.82, 2.24) is 4.40 Å². The third kappa shape index (κ3) is 4.78. The van der Waals surface area contributed by atoms with E-state index >= 15 is 0 Å². The molecule has 5 rings (SSSR count). The number of nitro benzene ring substituents is 2. The van der Waals surface area contributed by atoms with E-state index in [1.165, 1.54) is 44.6 Å². The zero-order chi connectivity index (χ0) is 29.4. The van der Waals surface area contributed by atoms with Crippen molar-refractivity contribution in [3.8, 4) is 33.8 Å². The second-order valence-electron chi connectivity index (χ2n) is 9.50. The molecule has 0 fully saturated rings. The SMILES string of the molecule is COC(=O)c1c(-c2cccc([N+](=O)[O-])c2)c(-c2cccc([N+](=O)[O-])c2)c2c3cc(OC)c(OC(C)C)cc3ccn12. The van der Waals surface area contributed by atoms with E-state index in [0.29, 0.717) is 44.7 Å². The topological polar surface area (TPSA) is 135 Å². The molecular weight excluding hydrogens is 530 g/mol. The van der Waals surface area contributed by atoms with Crippen LogP contribution in [0.1, 0.15) is 24.3 Å². The summed E-state index contributed by atoms with van der Waals surface area (Å²) in [4.78, 5) is 35.7. The summed E-state index contributed by atoms with van der Waals surface area (Å²) in [6.07, 6.45) is 1.57. The van der Waals surface area contributed by atoms with E-state index in [2.05, 4.69) is 0 Å². The number of methoxy groups -OCH3 is 2. The van der Waals surface area contributed by atoms with Crippen molar-refractivity contribution in [3.05, 3.63) is 98.8 Å². The Morgan fingerprint density at radius 3 is 1.98 bits per heavy atom. The summed E-state index contributed by atoms with van der Waals surface area (Å²) < 4.78 is 18.4. The van der Waals surface area contributed by atoms with Gasteiger partial charge in [-0.3, -0.25) is 20.2 Å². The van der Waals surface area contributed by atoms with Crippen molar-refractivity contribution in [2.75, 3.05) is 14.2 Å². The summed E-state index contributed by atoms with van der Waals surface area (Å²) in [7, 11) is 2.76. The standard InChI is InChI=1S/C30H25N3O8/c1-17(2)41-25-15-18-11-12-31-28(23(18)16-24(25)39-3)26(19-7-5-9-21(13-19)32(35)36)27(29(31)30(34)40-4)20-8-6-10-22(14-20)33(37)38/h5-17H,1-4H3. The minimum Gasteiger partial charge on any atom is -0.493 e. The highest BCUT2D eigenvalue weighted by Gasteiger charge is 2.29. The molecule has 0 saturated carbocycles. The predicted molar refractivity (Wildman–Crippen MR) is 153 cm³/mol. The maximum Gasteiger partial charge on any atom is 0.355 e. The van der Waals surface area contributed by atoms with Gasteiger partial charge in [-0.2, -0.15) is 0 Å². The van der Waals surface area contributed by atoms with Crippen molar-refractivity contribution >= 4 is 33.6 Å². The van der Waals surface area contributed by atoms with E-state index in [-0.39, 0.29) is 23.2 Å². The van der Waals surface area contributed by atoms with Crippen molar-refractivity contribution in [3.63, 3.8) is 0 Å². The number of esters is 1. The summed E-state index contributed by atoms with van der Waals surface area (Å²) in [6.45, 7) is 3.79. The van der Waals surface area contributed by atoms with Crippen LogP contribution in [-0.4, -0.2) is 40.5 Å². The molecule has 208 valence electrons. The molecule has 0 bridgehead atoms. The van der Waals surface area contributed by atoms with Gasteiger partial charge in [-0.05, 0) is 48.6 Å². The second kappa shape index (κ2) is 10.6. The Hall–Kier alpha value is -5.45. The zero-order valence-corrected chi connectivity index (χ0v) is 22.6. The molecule has 2 heterocycles. The van der Waals surface area contributed by atoms with Gasteiger partial charge in [0.05, 0.1) is 35.7 Å². The van der Waals surface area contributed by atoms with Crippen LogP contribution < -0.4 is 9.47 Å². The number of fused-ring (bicyclic) bond motifs is 3. The number of nitro groups is 2. The summed E-state index contributed by atoms with van der Waals surface area (Å²) >= 11 is 0. The Kier molecular flexibility index (Phi) is 7.02. The Balaban J connectivity index is 2.01. The van der Waals surface area contributed by atoms with Crippen molar-refractivity contribution in [1.29, 1.82) is 0 Å². The molecule has 0 radical (unpaired) electrons. The average Bonchev–Trinajstić information content (AvgIpc) is 3.32. The van der Waals surface area contributed by atoms with Gasteiger partial charge >= 0.3 is 5.97 Å². The van der Waals surface area contributed by atoms with Crippen LogP contribution in [0.4, 0.5) is 11.4 Å². The third-order valence-electron chi connectivity index (χ3n) is 6.63. The number of carbonyl (C=O) groups excluding carboxylic acids is 1. The lowest BCUT2D eigenvalue weighted by atomic mass is 9.93. The number of hydrogen-bond donors (Lipinski definition) is 0. The van der Waals surface area contributed by atoms with Crippen LogP contribution in [0.3, 0.4) is 0 Å². The maximum absolute atomic E-state index is 13.4. The highest BCUT2D eigenvalue weighted by atomic mass is 16.6. The summed E-state index contributed by atoms with van der Waals surface area (Å²) in [5.74, 6) is 0.279. The summed E-state index contributed by atoms with van der Waals surface area (Å²) in [6, 6.07) is 17.3. The van der Waals surface area contributed by atoms with Gasteiger partial charge in [-0.25, -0.2) is 4.79 Å². The minimum absolute atomic E-state index is 0.105. The number of aromatic nitrogens is 1. The first-order chi connectivity index (χ1) is 19.6. The number of benzene rings is 3. The lowest BCUT2D eigenvalue weighted by Gasteiger charge is -2.15. The summed E-state index contributed by atoms with van der Waals surface area (Å²) in [5, 5.41) is 24.8. The lowest BCUT2D eigenvalue weighted by molar-refractivity contribution is -0.385. The van der Waals surface area contributed by atoms with Gasteiger partial charge in [0.2, 0.25) is 0 Å². The van der Waals surface area contributed by atoms with Crippen molar-refractivity contribution < 1.29 is 28.9 Å². The normalized spacial score (nSPS) is 11.1. The van der Waals surface area contributed by atoms with E-state index in [1.807, 2.05) is 19.9 Å². The molecule has 0 saturated heterocycles. The van der Waals surface area contributed by atoms with Crippen LogP contribution in [0.5, 0.6) is 11.5 Å². The monoisotopic (exact) mass is 555 g/mol. The molecule has 0 unspecified atom stereocenters. The number of non-ortho nitro benzene ring substituents is 2. The average molecular weight is 556 g/mol. The molecule has 11 heteroatoms. The van der Waals surface area contributed by atoms with Gasteiger partial charge in [0.15, 0.2) is 11.5 Å². The lowest BCUT2D eigenvalue weighted by Crippen LogP contribution is -2.08. The molecule has 3 aromatic carbocycles. The number of ether oxygens (including phenoxy) is 3. The van der Waals surface area contributed by atoms with E-state index in [9.17, 15) is 25.0 Å². The van der Waals surface area contributed by atoms with Crippen LogP contribution >= 0.6 is 0 Å². The van der Waals surface area contributed by atoms with E-state index < -0.39 is 15.8 Å². The fourth-order valence-corrected chi connectivity index (χ4v) is 4.99. The first-order valence-corrected chi connectivity index (χ1v) is 12.6. The molecule has 11 nitrogen and oxygen atoms in total. The molecule has 0 spiro atoms. The third-order valence-corrected chi connectivity index (χ3v) is 6.63. The Bertz CT molecular complexity index is 1860. The predicted octanol–water partition coefficient (Wildman–Crippen LogP) is 6.83. The Morgan fingerprint density at radius 2 is 1.44 bits per heavy atom. The van der Waals surface area contributed by atoms with E-state index in [1.54, 1.807) is 40.9 Å². The van der Waals surface area contributed by atoms with Crippen LogP contribution in [0.25, 0.3) is 38.5 Å². The zero-order valence-electron chi connectivity index (χ0n) is 22.6. The minimum atomic E-state index is -0.690. The fourth-order valence-electron chi connectivity index (χ4n) is 4.99. The fraction of sp³-hybridized carbons (Fsp3) is 0.167. The second-order valence-corrected chi connectivity index (χ2v) is 9.50. The van der Waals surface area contributed by atoms with Crippen molar-refractivity contribution in [2.45, 2.75) is 20.0 Å². The van der Waals surface area contributed by atoms with Crippen LogP contribution in [0.2, 0.25) is 0 Å². The largest absolute Gasteiger partial charge is 0.493 e. The Labute approximate surface area is 233 Å².